The van der Waals surface area contributed by atoms with Gasteiger partial charge in [-0.15, -0.1) is 0 Å². The third-order valence-electron chi connectivity index (χ3n) is 5.27. The third-order valence-corrected chi connectivity index (χ3v) is 5.63. The lowest BCUT2D eigenvalue weighted by molar-refractivity contribution is -0.147. The van der Waals surface area contributed by atoms with Gasteiger partial charge in [-0.25, -0.2) is 4.79 Å². The highest BCUT2D eigenvalue weighted by Crippen LogP contribution is 2.08. The molecule has 0 aliphatic heterocycles. The van der Waals surface area contributed by atoms with E-state index in [-0.39, 0.29) is 31.1 Å². The van der Waals surface area contributed by atoms with Gasteiger partial charge in [-0.2, -0.15) is 12.6 Å². The Bertz CT molecular complexity index is 991. The van der Waals surface area contributed by atoms with Crippen molar-refractivity contribution >= 4 is 48.2 Å². The summed E-state index contributed by atoms with van der Waals surface area (Å²) in [6.45, 7) is 3.38. The van der Waals surface area contributed by atoms with Crippen molar-refractivity contribution in [3.8, 4) is 0 Å². The van der Waals surface area contributed by atoms with Crippen molar-refractivity contribution in [1.29, 1.82) is 0 Å². The first kappa shape index (κ1) is 32.4. The van der Waals surface area contributed by atoms with Crippen LogP contribution in [-0.4, -0.2) is 82.2 Å². The second-order valence-corrected chi connectivity index (χ2v) is 9.31. The monoisotopic (exact) mass is 553 g/mol. The van der Waals surface area contributed by atoms with Crippen LogP contribution in [0, 0.1) is 5.92 Å². The molecule has 0 saturated heterocycles. The molecule has 0 radical (unpaired) electrons. The Kier molecular flexibility index (Phi) is 13.8. The number of hydrogen-bond donors (Lipinski definition) is 8. The number of hydrogen-bond acceptors (Lipinski definition) is 8. The summed E-state index contributed by atoms with van der Waals surface area (Å²) < 4.78 is 0. The van der Waals surface area contributed by atoms with Crippen molar-refractivity contribution in [2.75, 3.05) is 12.3 Å². The molecule has 0 unspecified atom stereocenters. The van der Waals surface area contributed by atoms with Gasteiger partial charge in [0.05, 0.1) is 13.0 Å². The van der Waals surface area contributed by atoms with E-state index in [1.807, 2.05) is 13.8 Å². The summed E-state index contributed by atoms with van der Waals surface area (Å²) in [7, 11) is 0. The summed E-state index contributed by atoms with van der Waals surface area (Å²) in [5.41, 5.74) is 6.05. The van der Waals surface area contributed by atoms with Crippen LogP contribution in [-0.2, 0) is 35.2 Å². The predicted octanol–water partition coefficient (Wildman–Crippen LogP) is -1.34. The zero-order chi connectivity index (χ0) is 28.8. The van der Waals surface area contributed by atoms with Crippen LogP contribution < -0.4 is 27.0 Å². The Morgan fingerprint density at radius 1 is 0.816 bits per heavy atom. The van der Waals surface area contributed by atoms with E-state index in [0.717, 1.165) is 0 Å². The van der Waals surface area contributed by atoms with Crippen molar-refractivity contribution in [3.05, 3.63) is 35.9 Å². The van der Waals surface area contributed by atoms with Gasteiger partial charge in [-0.1, -0.05) is 44.2 Å². The van der Waals surface area contributed by atoms with Crippen LogP contribution >= 0.6 is 12.6 Å². The van der Waals surface area contributed by atoms with Crippen LogP contribution in [0.4, 0.5) is 0 Å². The van der Waals surface area contributed by atoms with Crippen LogP contribution in [0.1, 0.15) is 32.3 Å². The minimum absolute atomic E-state index is 0.0236. The molecular formula is C24H35N5O8S. The maximum Gasteiger partial charge on any atom is 0.326 e. The smallest absolute Gasteiger partial charge is 0.326 e. The second kappa shape index (κ2) is 16.2. The highest BCUT2D eigenvalue weighted by molar-refractivity contribution is 7.80. The molecule has 0 aliphatic carbocycles. The lowest BCUT2D eigenvalue weighted by Crippen LogP contribution is -2.59. The van der Waals surface area contributed by atoms with Crippen molar-refractivity contribution < 1.29 is 39.0 Å². The van der Waals surface area contributed by atoms with Crippen LogP contribution in [0.3, 0.4) is 0 Å². The number of benzene rings is 1. The molecule has 0 aliphatic rings. The van der Waals surface area contributed by atoms with Crippen LogP contribution in [0.25, 0.3) is 0 Å². The number of nitrogens with one attached hydrogen (secondary N) is 4. The van der Waals surface area contributed by atoms with Gasteiger partial charge in [0, 0.05) is 12.2 Å². The van der Waals surface area contributed by atoms with E-state index in [1.54, 1.807) is 30.3 Å². The molecule has 1 aromatic rings. The molecule has 38 heavy (non-hydrogen) atoms. The van der Waals surface area contributed by atoms with E-state index in [0.29, 0.717) is 5.56 Å². The molecule has 0 saturated carbocycles. The zero-order valence-corrected chi connectivity index (χ0v) is 22.1. The maximum atomic E-state index is 13.2. The molecular weight excluding hydrogens is 518 g/mol. The minimum Gasteiger partial charge on any atom is -0.481 e. The Morgan fingerprint density at radius 3 is 1.84 bits per heavy atom. The normalized spacial score (nSPS) is 13.9. The molecule has 4 atom stereocenters. The summed E-state index contributed by atoms with van der Waals surface area (Å²) in [5, 5.41) is 27.7. The Morgan fingerprint density at radius 2 is 1.34 bits per heavy atom. The van der Waals surface area contributed by atoms with Gasteiger partial charge in [0.15, 0.2) is 0 Å². The summed E-state index contributed by atoms with van der Waals surface area (Å²) in [4.78, 5) is 73.0. The number of thiol groups is 1. The molecule has 0 bridgehead atoms. The second-order valence-electron chi connectivity index (χ2n) is 8.95. The van der Waals surface area contributed by atoms with Crippen molar-refractivity contribution in [3.63, 3.8) is 0 Å². The Labute approximate surface area is 225 Å². The average Bonchev–Trinajstić information content (AvgIpc) is 2.85. The average molecular weight is 554 g/mol. The van der Waals surface area contributed by atoms with Gasteiger partial charge in [-0.3, -0.25) is 24.0 Å². The predicted molar refractivity (Wildman–Crippen MR) is 140 cm³/mol. The number of carboxylic acids is 2. The van der Waals surface area contributed by atoms with Crippen LogP contribution in [0.5, 0.6) is 0 Å². The number of carbonyl (C=O) groups excluding carboxylic acids is 4. The Balaban J connectivity index is 3.12. The van der Waals surface area contributed by atoms with Crippen LogP contribution in [0.2, 0.25) is 0 Å². The molecule has 4 amide bonds. The lowest BCUT2D eigenvalue weighted by atomic mass is 10.0. The quantitative estimate of drug-likeness (QED) is 0.113. The van der Waals surface area contributed by atoms with Gasteiger partial charge < -0.3 is 37.2 Å². The summed E-state index contributed by atoms with van der Waals surface area (Å²) in [5.74, 6) is -6.12. The topological polar surface area (TPSA) is 217 Å². The maximum absolute atomic E-state index is 13.2. The Hall–Kier alpha value is -3.65. The van der Waals surface area contributed by atoms with Crippen molar-refractivity contribution in [1.82, 2.24) is 21.3 Å². The van der Waals surface area contributed by atoms with Crippen LogP contribution in [0.15, 0.2) is 30.3 Å². The van der Waals surface area contributed by atoms with Gasteiger partial charge >= 0.3 is 11.9 Å². The van der Waals surface area contributed by atoms with E-state index in [9.17, 15) is 33.9 Å². The number of nitrogens with two attached hydrogens (primary N) is 1. The molecule has 0 heterocycles. The molecule has 0 spiro atoms. The number of amides is 4. The third kappa shape index (κ3) is 11.6. The van der Waals surface area contributed by atoms with Crippen molar-refractivity contribution in [2.45, 2.75) is 57.3 Å². The van der Waals surface area contributed by atoms with Gasteiger partial charge in [-0.05, 0) is 17.9 Å². The SMILES string of the molecule is CC(C)C[C@H](NC(=O)CN)C(=O)N[C@@H](Cc1ccccc1)C(=O)N[C@@H](CS)C(=O)N[C@@H](CC(=O)O)C(=O)O. The molecule has 14 heteroatoms. The van der Waals surface area contributed by atoms with E-state index < -0.39 is 66.2 Å². The molecule has 1 rings (SSSR count). The number of rotatable bonds is 16. The molecule has 8 N–H and O–H groups in total. The van der Waals surface area contributed by atoms with Gasteiger partial charge in [0.2, 0.25) is 23.6 Å². The molecule has 1 aromatic carbocycles. The largest absolute Gasteiger partial charge is 0.481 e. The first-order valence-electron chi connectivity index (χ1n) is 11.9. The fourth-order valence-electron chi connectivity index (χ4n) is 3.40. The van der Waals surface area contributed by atoms with Gasteiger partial charge in [0.25, 0.3) is 0 Å². The molecule has 0 fully saturated rings. The molecule has 210 valence electrons. The summed E-state index contributed by atoms with van der Waals surface area (Å²) in [6.07, 6.45) is -0.554. The molecule has 0 aromatic heterocycles. The van der Waals surface area contributed by atoms with E-state index in [1.165, 1.54) is 0 Å². The highest BCUT2D eigenvalue weighted by atomic mass is 32.1. The minimum atomic E-state index is -1.72. The van der Waals surface area contributed by atoms with E-state index >= 15 is 0 Å². The number of carboxylic acid groups (broad SMARTS) is 2. The standard InChI is InChI=1S/C24H35N5O8S/c1-13(2)8-15(26-19(30)11-25)21(33)27-16(9-14-6-4-3-5-7-14)22(34)29-18(12-38)23(35)28-17(24(36)37)10-20(31)32/h3-7,13,15-18,38H,8-12,25H2,1-2H3,(H,26,30)(H,27,33)(H,28,35)(H,29,34)(H,31,32)(H,36,37)/t15-,16-,17-,18-/m0/s1. The summed E-state index contributed by atoms with van der Waals surface area (Å²) in [6, 6.07) is 3.53. The fourth-order valence-corrected chi connectivity index (χ4v) is 3.66. The number of aliphatic carboxylic acids is 2. The van der Waals surface area contributed by atoms with E-state index in [2.05, 4.69) is 33.9 Å². The number of carbonyl (C=O) groups is 6. The first-order chi connectivity index (χ1) is 17.9. The lowest BCUT2D eigenvalue weighted by Gasteiger charge is -2.26. The summed E-state index contributed by atoms with van der Waals surface area (Å²) >= 11 is 4.04. The highest BCUT2D eigenvalue weighted by Gasteiger charge is 2.31. The molecule has 13 nitrogen and oxygen atoms in total. The fraction of sp³-hybridized carbons (Fsp3) is 0.500. The van der Waals surface area contributed by atoms with Crippen molar-refractivity contribution in [2.24, 2.45) is 11.7 Å². The van der Waals surface area contributed by atoms with E-state index in [4.69, 9.17) is 10.8 Å². The zero-order valence-electron chi connectivity index (χ0n) is 21.2. The first-order valence-corrected chi connectivity index (χ1v) is 12.5. The van der Waals surface area contributed by atoms with Gasteiger partial charge in [0.1, 0.15) is 24.2 Å².